The van der Waals surface area contributed by atoms with Crippen molar-refractivity contribution in [2.75, 3.05) is 18.4 Å². The lowest BCUT2D eigenvalue weighted by molar-refractivity contribution is 0.0730. The van der Waals surface area contributed by atoms with E-state index >= 15 is 0 Å². The maximum Gasteiger partial charge on any atom is 0.407 e. The van der Waals surface area contributed by atoms with E-state index in [4.69, 9.17) is 16.7 Å². The number of nitrogens with one attached hydrogen (secondary N) is 1. The number of piperidine rings is 1. The van der Waals surface area contributed by atoms with Crippen LogP contribution in [0.2, 0.25) is 5.02 Å². The van der Waals surface area contributed by atoms with Crippen molar-refractivity contribution in [3.8, 4) is 11.8 Å². The summed E-state index contributed by atoms with van der Waals surface area (Å²) in [5.74, 6) is 3.70. The van der Waals surface area contributed by atoms with Gasteiger partial charge in [0.25, 0.3) is 5.91 Å². The van der Waals surface area contributed by atoms with Crippen LogP contribution < -0.4 is 5.32 Å². The molecule has 1 aromatic carbocycles. The van der Waals surface area contributed by atoms with E-state index in [1.54, 1.807) is 0 Å². The Labute approximate surface area is 198 Å². The number of rotatable bonds is 3. The molecule has 11 heteroatoms. The third-order valence-electron chi connectivity index (χ3n) is 5.26. The van der Waals surface area contributed by atoms with Crippen molar-refractivity contribution >= 4 is 29.4 Å². The van der Waals surface area contributed by atoms with Gasteiger partial charge in [-0.2, -0.15) is 5.10 Å². The summed E-state index contributed by atoms with van der Waals surface area (Å²) in [5.41, 5.74) is 0.892. The molecule has 0 radical (unpaired) electrons. The summed E-state index contributed by atoms with van der Waals surface area (Å²) >= 11 is 6.11. The first-order valence-corrected chi connectivity index (χ1v) is 10.6. The minimum atomic E-state index is -1.61. The number of carboxylic acid groups (broad SMARTS) is 1. The average molecular weight is 486 g/mol. The second kappa shape index (κ2) is 9.89. The molecule has 2 amide bonds. The van der Waals surface area contributed by atoms with Gasteiger partial charge in [0, 0.05) is 23.9 Å². The second-order valence-electron chi connectivity index (χ2n) is 7.51. The molecule has 4 rings (SSSR count). The van der Waals surface area contributed by atoms with E-state index in [9.17, 15) is 18.4 Å². The van der Waals surface area contributed by atoms with E-state index in [0.717, 1.165) is 21.2 Å². The molecule has 1 fully saturated rings. The smallest absolute Gasteiger partial charge is 0.407 e. The first kappa shape index (κ1) is 23.2. The van der Waals surface area contributed by atoms with Gasteiger partial charge in [0.15, 0.2) is 11.6 Å². The number of nitrogens with zero attached hydrogens (tertiary/aromatic N) is 4. The minimum Gasteiger partial charge on any atom is -0.465 e. The molecule has 2 atom stereocenters. The summed E-state index contributed by atoms with van der Waals surface area (Å²) in [4.78, 5) is 28.8. The Kier molecular flexibility index (Phi) is 6.75. The van der Waals surface area contributed by atoms with Gasteiger partial charge in [0.2, 0.25) is 0 Å². The quantitative estimate of drug-likeness (QED) is 0.546. The van der Waals surface area contributed by atoms with Crippen molar-refractivity contribution in [2.45, 2.75) is 18.6 Å². The van der Waals surface area contributed by atoms with Crippen molar-refractivity contribution in [1.82, 2.24) is 19.7 Å². The van der Waals surface area contributed by atoms with Crippen molar-refractivity contribution in [3.63, 3.8) is 0 Å². The van der Waals surface area contributed by atoms with Crippen LogP contribution in [0.1, 0.15) is 34.1 Å². The van der Waals surface area contributed by atoms with Gasteiger partial charge in [0.1, 0.15) is 11.9 Å². The van der Waals surface area contributed by atoms with Gasteiger partial charge < -0.3 is 15.3 Å². The van der Waals surface area contributed by atoms with Crippen LogP contribution in [-0.2, 0) is 0 Å². The normalized spacial score (nSPS) is 17.6. The van der Waals surface area contributed by atoms with Crippen LogP contribution in [0.3, 0.4) is 0 Å². The first-order chi connectivity index (χ1) is 16.3. The van der Waals surface area contributed by atoms with E-state index in [-0.39, 0.29) is 36.0 Å². The molecule has 3 aromatic rings. The zero-order valence-electron chi connectivity index (χ0n) is 17.6. The summed E-state index contributed by atoms with van der Waals surface area (Å²) < 4.78 is 30.4. The lowest BCUT2D eigenvalue weighted by atomic mass is 10.0. The molecular weight excluding hydrogens is 468 g/mol. The predicted molar refractivity (Wildman–Crippen MR) is 120 cm³/mol. The highest BCUT2D eigenvalue weighted by atomic mass is 35.5. The van der Waals surface area contributed by atoms with Gasteiger partial charge in [-0.25, -0.2) is 18.6 Å². The molecule has 0 spiro atoms. The number of carbonyl (C=O) groups excluding carboxylic acids is 1. The Morgan fingerprint density at radius 1 is 1.18 bits per heavy atom. The highest BCUT2D eigenvalue weighted by molar-refractivity contribution is 6.34. The number of anilines is 1. The summed E-state index contributed by atoms with van der Waals surface area (Å²) in [5, 5.41) is 15.3. The fourth-order valence-corrected chi connectivity index (χ4v) is 3.79. The zero-order chi connectivity index (χ0) is 24.2. The number of alkyl halides is 1. The monoisotopic (exact) mass is 485 g/mol. The number of amides is 2. The number of aromatic nitrogens is 3. The zero-order valence-corrected chi connectivity index (χ0v) is 18.3. The fraction of sp³-hybridized carbons (Fsp3) is 0.217. The number of benzene rings is 1. The molecule has 34 heavy (non-hydrogen) atoms. The van der Waals surface area contributed by atoms with Crippen LogP contribution in [0, 0.1) is 17.7 Å². The van der Waals surface area contributed by atoms with Crippen LogP contribution in [-0.4, -0.2) is 56.0 Å². The lowest BCUT2D eigenvalue weighted by Gasteiger charge is -2.33. The maximum absolute atomic E-state index is 14.7. The van der Waals surface area contributed by atoms with E-state index < -0.39 is 30.0 Å². The topological polar surface area (TPSA) is 100 Å². The predicted octanol–water partition coefficient (Wildman–Crippen LogP) is 3.99. The van der Waals surface area contributed by atoms with Crippen LogP contribution in [0.4, 0.5) is 19.4 Å². The number of likely N-dealkylation sites (tertiary alicyclic amines) is 1. The standard InChI is InChI=1S/C23H18ClF2N5O3/c24-16-12-28-31(19-8-9-30(23(33)34)13-18(19)26)20(16)22(32)29-21-17(25)10-15(11-27-21)7-6-14-4-2-1-3-5-14/h1-5,10-12,18-19H,8-9,13H2,(H,33,34)(H,27,29,32)/t18-,19-/m1/s1. The minimum absolute atomic E-state index is 0.0591. The number of hydrogen-bond donors (Lipinski definition) is 2. The largest absolute Gasteiger partial charge is 0.465 e. The maximum atomic E-state index is 14.7. The van der Waals surface area contributed by atoms with Gasteiger partial charge >= 0.3 is 6.09 Å². The summed E-state index contributed by atoms with van der Waals surface area (Å²) in [6.07, 6.45) is -0.251. The molecule has 174 valence electrons. The van der Waals surface area contributed by atoms with Crippen molar-refractivity contribution in [1.29, 1.82) is 0 Å². The molecular formula is C23H18ClF2N5O3. The van der Waals surface area contributed by atoms with Crippen LogP contribution in [0.25, 0.3) is 0 Å². The Balaban J connectivity index is 1.51. The molecule has 1 saturated heterocycles. The fourth-order valence-electron chi connectivity index (χ4n) is 3.58. The molecule has 0 unspecified atom stereocenters. The van der Waals surface area contributed by atoms with Gasteiger partial charge in [-0.1, -0.05) is 41.6 Å². The van der Waals surface area contributed by atoms with E-state index in [2.05, 4.69) is 27.2 Å². The Morgan fingerprint density at radius 3 is 2.59 bits per heavy atom. The van der Waals surface area contributed by atoms with E-state index in [1.165, 1.54) is 12.4 Å². The molecule has 2 N–H and O–H groups in total. The first-order valence-electron chi connectivity index (χ1n) is 10.2. The van der Waals surface area contributed by atoms with Gasteiger partial charge in [0.05, 0.1) is 23.8 Å². The van der Waals surface area contributed by atoms with Gasteiger partial charge in [-0.05, 0) is 24.6 Å². The Bertz CT molecular complexity index is 1290. The third kappa shape index (κ3) is 5.00. The molecule has 0 bridgehead atoms. The molecule has 2 aromatic heterocycles. The van der Waals surface area contributed by atoms with Crippen molar-refractivity contribution in [2.24, 2.45) is 0 Å². The second-order valence-corrected chi connectivity index (χ2v) is 7.92. The molecule has 0 saturated carbocycles. The lowest BCUT2D eigenvalue weighted by Crippen LogP contribution is -2.45. The Hall–Kier alpha value is -3.97. The van der Waals surface area contributed by atoms with Crippen molar-refractivity contribution < 1.29 is 23.5 Å². The van der Waals surface area contributed by atoms with Crippen LogP contribution in [0.5, 0.6) is 0 Å². The molecule has 0 aliphatic carbocycles. The van der Waals surface area contributed by atoms with E-state index in [0.29, 0.717) is 5.56 Å². The summed E-state index contributed by atoms with van der Waals surface area (Å²) in [6, 6.07) is 9.37. The molecule has 3 heterocycles. The number of hydrogen-bond acceptors (Lipinski definition) is 4. The van der Waals surface area contributed by atoms with E-state index in [1.807, 2.05) is 30.3 Å². The highest BCUT2D eigenvalue weighted by Crippen LogP contribution is 2.29. The average Bonchev–Trinajstić information content (AvgIpc) is 3.21. The SMILES string of the molecule is O=C(Nc1ncc(C#Cc2ccccc2)cc1F)c1c(Cl)cnn1[C@@H]1CCN(C(=O)O)C[C@H]1F. The number of carbonyl (C=O) groups is 2. The third-order valence-corrected chi connectivity index (χ3v) is 5.53. The van der Waals surface area contributed by atoms with Gasteiger partial charge in [-0.3, -0.25) is 9.48 Å². The van der Waals surface area contributed by atoms with Crippen LogP contribution >= 0.6 is 11.6 Å². The molecule has 8 nitrogen and oxygen atoms in total. The van der Waals surface area contributed by atoms with Crippen molar-refractivity contribution in [3.05, 3.63) is 76.5 Å². The number of pyridine rings is 1. The Morgan fingerprint density at radius 2 is 1.91 bits per heavy atom. The summed E-state index contributed by atoms with van der Waals surface area (Å²) in [6.45, 7) is -0.291. The van der Waals surface area contributed by atoms with Gasteiger partial charge in [-0.15, -0.1) is 0 Å². The highest BCUT2D eigenvalue weighted by Gasteiger charge is 2.36. The molecule has 1 aliphatic heterocycles. The summed E-state index contributed by atoms with van der Waals surface area (Å²) in [7, 11) is 0. The molecule has 1 aliphatic rings. The number of halogens is 3. The van der Waals surface area contributed by atoms with Crippen LogP contribution in [0.15, 0.2) is 48.8 Å².